The van der Waals surface area contributed by atoms with Gasteiger partial charge < -0.3 is 14.8 Å². The Kier molecular flexibility index (Phi) is 6.81. The highest BCUT2D eigenvalue weighted by Crippen LogP contribution is 2.40. The van der Waals surface area contributed by atoms with Crippen molar-refractivity contribution in [1.29, 1.82) is 0 Å². The maximum Gasteiger partial charge on any atom is 0.239 e. The number of ether oxygens (including phenoxy) is 2. The molecule has 0 unspecified atom stereocenters. The molecule has 1 aliphatic heterocycles. The second-order valence-electron chi connectivity index (χ2n) is 9.00. The van der Waals surface area contributed by atoms with E-state index in [4.69, 9.17) is 14.6 Å². The summed E-state index contributed by atoms with van der Waals surface area (Å²) in [5.74, 6) is 2.82. The van der Waals surface area contributed by atoms with Crippen LogP contribution >= 0.6 is 0 Å². The Hall–Kier alpha value is -3.32. The molecule has 0 spiro atoms. The van der Waals surface area contributed by atoms with Gasteiger partial charge in [-0.15, -0.1) is 0 Å². The Bertz CT molecular complexity index is 1100. The minimum absolute atomic E-state index is 0.0134. The van der Waals surface area contributed by atoms with Gasteiger partial charge in [0.1, 0.15) is 11.9 Å². The maximum absolute atomic E-state index is 12.9. The van der Waals surface area contributed by atoms with Crippen molar-refractivity contribution in [3.8, 4) is 17.2 Å². The first kappa shape index (κ1) is 22.5. The standard InChI is InChI=1S/C27H32N4O3/c1-2-33-24-10-6-7-11-25(24)34-22-14-16-30(17-15-22)19-27(32)28-26-18-23(20-12-13-20)29-31(26)21-8-4-3-5-9-21/h3-11,18,20,22H,2,12-17,19H2,1H3,(H,28,32). The van der Waals surface area contributed by atoms with E-state index in [1.165, 1.54) is 12.8 Å². The minimum atomic E-state index is -0.0134. The quantitative estimate of drug-likeness (QED) is 0.504. The van der Waals surface area contributed by atoms with Crippen molar-refractivity contribution in [2.24, 2.45) is 0 Å². The average Bonchev–Trinajstić information content (AvgIpc) is 3.63. The van der Waals surface area contributed by atoms with Crippen molar-refractivity contribution < 1.29 is 14.3 Å². The lowest BCUT2D eigenvalue weighted by molar-refractivity contribution is -0.117. The van der Waals surface area contributed by atoms with Crippen LogP contribution in [0.1, 0.15) is 44.2 Å². The molecule has 0 atom stereocenters. The van der Waals surface area contributed by atoms with Crippen molar-refractivity contribution in [2.75, 3.05) is 31.6 Å². The number of likely N-dealkylation sites (tertiary alicyclic amines) is 1. The number of amides is 1. The van der Waals surface area contributed by atoms with Crippen molar-refractivity contribution in [2.45, 2.75) is 44.6 Å². The maximum atomic E-state index is 12.9. The molecule has 1 saturated carbocycles. The zero-order valence-electron chi connectivity index (χ0n) is 19.7. The third-order valence-electron chi connectivity index (χ3n) is 6.34. The summed E-state index contributed by atoms with van der Waals surface area (Å²) in [6.07, 6.45) is 4.22. The normalized spacial score (nSPS) is 16.9. The lowest BCUT2D eigenvalue weighted by Crippen LogP contribution is -2.42. The Morgan fingerprint density at radius 3 is 2.41 bits per heavy atom. The number of hydrogen-bond acceptors (Lipinski definition) is 5. The second-order valence-corrected chi connectivity index (χ2v) is 9.00. The highest BCUT2D eigenvalue weighted by Gasteiger charge is 2.28. The Morgan fingerprint density at radius 2 is 1.71 bits per heavy atom. The van der Waals surface area contributed by atoms with E-state index in [0.29, 0.717) is 19.1 Å². The van der Waals surface area contributed by atoms with E-state index < -0.39 is 0 Å². The van der Waals surface area contributed by atoms with Gasteiger partial charge in [-0.05, 0) is 56.9 Å². The third kappa shape index (κ3) is 5.42. The van der Waals surface area contributed by atoms with Gasteiger partial charge in [-0.25, -0.2) is 4.68 Å². The Morgan fingerprint density at radius 1 is 1.00 bits per heavy atom. The number of benzene rings is 2. The number of nitrogens with one attached hydrogen (secondary N) is 1. The molecule has 2 fully saturated rings. The van der Waals surface area contributed by atoms with Gasteiger partial charge in [0, 0.05) is 25.1 Å². The molecule has 0 bridgehead atoms. The smallest absolute Gasteiger partial charge is 0.239 e. The van der Waals surface area contributed by atoms with E-state index in [1.54, 1.807) is 0 Å². The van der Waals surface area contributed by atoms with Gasteiger partial charge in [0.15, 0.2) is 11.5 Å². The summed E-state index contributed by atoms with van der Waals surface area (Å²) in [4.78, 5) is 15.1. The topological polar surface area (TPSA) is 68.6 Å². The molecular formula is C27H32N4O3. The van der Waals surface area contributed by atoms with Crippen molar-refractivity contribution >= 4 is 11.7 Å². The molecule has 1 saturated heterocycles. The predicted octanol–water partition coefficient (Wildman–Crippen LogP) is 4.63. The monoisotopic (exact) mass is 460 g/mol. The van der Waals surface area contributed by atoms with E-state index in [1.807, 2.05) is 72.3 Å². The summed E-state index contributed by atoms with van der Waals surface area (Å²) in [6, 6.07) is 19.8. The molecular weight excluding hydrogens is 428 g/mol. The number of carbonyl (C=O) groups is 1. The summed E-state index contributed by atoms with van der Waals surface area (Å²) < 4.78 is 13.7. The molecule has 178 valence electrons. The SMILES string of the molecule is CCOc1ccccc1OC1CCN(CC(=O)Nc2cc(C3CC3)nn2-c2ccccc2)CC1. The van der Waals surface area contributed by atoms with Crippen molar-refractivity contribution in [1.82, 2.24) is 14.7 Å². The summed E-state index contributed by atoms with van der Waals surface area (Å²) in [5, 5.41) is 7.88. The molecule has 7 heteroatoms. The number of carbonyl (C=O) groups excluding carboxylic acids is 1. The first-order valence-corrected chi connectivity index (χ1v) is 12.3. The third-order valence-corrected chi connectivity index (χ3v) is 6.34. The van der Waals surface area contributed by atoms with Crippen molar-refractivity contribution in [3.63, 3.8) is 0 Å². The van der Waals surface area contributed by atoms with Crippen LogP contribution in [0.5, 0.6) is 11.5 Å². The molecule has 7 nitrogen and oxygen atoms in total. The highest BCUT2D eigenvalue weighted by molar-refractivity contribution is 5.91. The minimum Gasteiger partial charge on any atom is -0.490 e. The number of hydrogen-bond donors (Lipinski definition) is 1. The van der Waals surface area contributed by atoms with Crippen LogP contribution in [-0.4, -0.2) is 52.9 Å². The first-order valence-electron chi connectivity index (χ1n) is 12.3. The average molecular weight is 461 g/mol. The zero-order valence-corrected chi connectivity index (χ0v) is 19.7. The predicted molar refractivity (Wildman–Crippen MR) is 132 cm³/mol. The van der Waals surface area contributed by atoms with Gasteiger partial charge in [-0.3, -0.25) is 9.69 Å². The van der Waals surface area contributed by atoms with Crippen LogP contribution in [0.15, 0.2) is 60.7 Å². The largest absolute Gasteiger partial charge is 0.490 e. The van der Waals surface area contributed by atoms with Crippen LogP contribution in [0.2, 0.25) is 0 Å². The summed E-state index contributed by atoms with van der Waals surface area (Å²) in [5.41, 5.74) is 2.01. The number of nitrogens with zero attached hydrogens (tertiary/aromatic N) is 3. The first-order chi connectivity index (χ1) is 16.7. The highest BCUT2D eigenvalue weighted by atomic mass is 16.5. The van der Waals surface area contributed by atoms with Crippen LogP contribution in [0.4, 0.5) is 5.82 Å². The molecule has 2 aliphatic rings. The lowest BCUT2D eigenvalue weighted by atomic mass is 10.1. The molecule has 1 aromatic heterocycles. The molecule has 0 radical (unpaired) electrons. The van der Waals surface area contributed by atoms with Crippen LogP contribution in [0.3, 0.4) is 0 Å². The number of rotatable bonds is 9. The zero-order chi connectivity index (χ0) is 23.3. The molecule has 5 rings (SSSR count). The van der Waals surface area contributed by atoms with Crippen LogP contribution < -0.4 is 14.8 Å². The van der Waals surface area contributed by atoms with E-state index in [9.17, 15) is 4.79 Å². The summed E-state index contributed by atoms with van der Waals surface area (Å²) in [6.45, 7) is 4.58. The molecule has 34 heavy (non-hydrogen) atoms. The summed E-state index contributed by atoms with van der Waals surface area (Å²) in [7, 11) is 0. The van der Waals surface area contributed by atoms with E-state index >= 15 is 0 Å². The molecule has 2 heterocycles. The number of piperidine rings is 1. The van der Waals surface area contributed by atoms with Crippen molar-refractivity contribution in [3.05, 3.63) is 66.4 Å². The van der Waals surface area contributed by atoms with Gasteiger partial charge in [0.2, 0.25) is 5.91 Å². The fraction of sp³-hybridized carbons (Fsp3) is 0.407. The van der Waals surface area contributed by atoms with Crippen LogP contribution in [-0.2, 0) is 4.79 Å². The number of para-hydroxylation sites is 3. The van der Waals surface area contributed by atoms with Gasteiger partial charge in [-0.1, -0.05) is 30.3 Å². The molecule has 1 amide bonds. The Labute approximate surface area is 200 Å². The number of aromatic nitrogens is 2. The fourth-order valence-electron chi connectivity index (χ4n) is 4.41. The van der Waals surface area contributed by atoms with Gasteiger partial charge in [0.25, 0.3) is 0 Å². The number of anilines is 1. The lowest BCUT2D eigenvalue weighted by Gasteiger charge is -2.32. The van der Waals surface area contributed by atoms with Gasteiger partial charge in [-0.2, -0.15) is 5.10 Å². The van der Waals surface area contributed by atoms with Gasteiger partial charge in [0.05, 0.1) is 24.5 Å². The molecule has 3 aromatic rings. The van der Waals surface area contributed by atoms with Gasteiger partial charge >= 0.3 is 0 Å². The molecule has 1 aliphatic carbocycles. The van der Waals surface area contributed by atoms with E-state index in [-0.39, 0.29) is 12.0 Å². The molecule has 1 N–H and O–H groups in total. The van der Waals surface area contributed by atoms with Crippen LogP contribution in [0.25, 0.3) is 5.69 Å². The molecule has 2 aromatic carbocycles. The summed E-state index contributed by atoms with van der Waals surface area (Å²) >= 11 is 0. The second kappa shape index (κ2) is 10.3. The van der Waals surface area contributed by atoms with E-state index in [2.05, 4.69) is 10.2 Å². The fourth-order valence-corrected chi connectivity index (χ4v) is 4.41. The van der Waals surface area contributed by atoms with E-state index in [0.717, 1.165) is 54.6 Å². The Balaban J connectivity index is 1.16. The van der Waals surface area contributed by atoms with Crippen LogP contribution in [0, 0.1) is 0 Å².